The minimum absolute atomic E-state index is 0.265. The maximum Gasteiger partial charge on any atom is 0.341 e. The van der Waals surface area contributed by atoms with E-state index in [0.717, 1.165) is 30.1 Å². The number of thioether (sulfide) groups is 1. The highest BCUT2D eigenvalue weighted by Gasteiger charge is 2.30. The molecular weight excluding hydrogens is 338 g/mol. The summed E-state index contributed by atoms with van der Waals surface area (Å²) in [6.45, 7) is 1.20. The standard InChI is InChI=1S/C12H14F2N2O4S2/c13-12(14)22(19,20)9-2-3-10(11(8-9)16(17)18)15-4-1-6-21-7-5-15/h2-3,8,12H,1,4-7H2. The van der Waals surface area contributed by atoms with E-state index in [1.807, 2.05) is 0 Å². The third kappa shape index (κ3) is 3.49. The Morgan fingerprint density at radius 2 is 2.00 bits per heavy atom. The second-order valence-corrected chi connectivity index (χ2v) is 7.81. The molecule has 1 heterocycles. The van der Waals surface area contributed by atoms with Crippen molar-refractivity contribution in [1.82, 2.24) is 0 Å². The predicted molar refractivity (Wildman–Crippen MR) is 80.4 cm³/mol. The van der Waals surface area contributed by atoms with Crippen LogP contribution in [0.2, 0.25) is 0 Å². The molecule has 1 aromatic rings. The SMILES string of the molecule is O=[N+]([O-])c1cc(S(=O)(=O)C(F)F)ccc1N1CCCSCC1. The first-order valence-electron chi connectivity index (χ1n) is 6.47. The molecule has 1 aliphatic heterocycles. The number of halogens is 2. The first-order chi connectivity index (χ1) is 10.3. The van der Waals surface area contributed by atoms with Crippen LogP contribution in [0.3, 0.4) is 0 Å². The van der Waals surface area contributed by atoms with Crippen molar-refractivity contribution in [2.45, 2.75) is 17.1 Å². The molecule has 0 aromatic heterocycles. The molecule has 6 nitrogen and oxygen atoms in total. The summed E-state index contributed by atoms with van der Waals surface area (Å²) >= 11 is 1.73. The topological polar surface area (TPSA) is 80.5 Å². The Hall–Kier alpha value is -1.42. The number of hydrogen-bond acceptors (Lipinski definition) is 6. The molecule has 122 valence electrons. The van der Waals surface area contributed by atoms with Crippen LogP contribution in [0, 0.1) is 10.1 Å². The van der Waals surface area contributed by atoms with Gasteiger partial charge in [0.1, 0.15) is 5.69 Å². The molecule has 1 fully saturated rings. The summed E-state index contributed by atoms with van der Waals surface area (Å²) < 4.78 is 48.1. The zero-order valence-corrected chi connectivity index (χ0v) is 13.1. The van der Waals surface area contributed by atoms with Crippen LogP contribution in [-0.4, -0.2) is 43.7 Å². The van der Waals surface area contributed by atoms with Gasteiger partial charge in [-0.2, -0.15) is 20.5 Å². The van der Waals surface area contributed by atoms with E-state index in [9.17, 15) is 27.3 Å². The Morgan fingerprint density at radius 3 is 2.64 bits per heavy atom. The first kappa shape index (κ1) is 16.9. The van der Waals surface area contributed by atoms with Crippen LogP contribution in [-0.2, 0) is 9.84 Å². The molecule has 0 amide bonds. The van der Waals surface area contributed by atoms with Crippen LogP contribution in [0.25, 0.3) is 0 Å². The summed E-state index contributed by atoms with van der Waals surface area (Å²) in [7, 11) is -4.85. The minimum atomic E-state index is -4.85. The normalized spacial score (nSPS) is 16.6. The van der Waals surface area contributed by atoms with E-state index in [4.69, 9.17) is 0 Å². The van der Waals surface area contributed by atoms with Gasteiger partial charge in [0.05, 0.1) is 9.82 Å². The summed E-state index contributed by atoms with van der Waals surface area (Å²) in [4.78, 5) is 11.5. The van der Waals surface area contributed by atoms with Crippen molar-refractivity contribution in [3.8, 4) is 0 Å². The van der Waals surface area contributed by atoms with Crippen molar-refractivity contribution >= 4 is 33.0 Å². The van der Waals surface area contributed by atoms with E-state index in [1.165, 1.54) is 6.07 Å². The van der Waals surface area contributed by atoms with Crippen molar-refractivity contribution in [1.29, 1.82) is 0 Å². The van der Waals surface area contributed by atoms with E-state index in [2.05, 4.69) is 0 Å². The van der Waals surface area contributed by atoms with Gasteiger partial charge in [-0.1, -0.05) is 0 Å². The molecule has 10 heteroatoms. The van der Waals surface area contributed by atoms with E-state index in [1.54, 1.807) is 16.7 Å². The minimum Gasteiger partial charge on any atom is -0.365 e. The van der Waals surface area contributed by atoms with Crippen LogP contribution >= 0.6 is 11.8 Å². The maximum absolute atomic E-state index is 12.6. The van der Waals surface area contributed by atoms with E-state index in [-0.39, 0.29) is 5.69 Å². The molecule has 0 spiro atoms. The van der Waals surface area contributed by atoms with Gasteiger partial charge in [0.15, 0.2) is 0 Å². The Kier molecular flexibility index (Phi) is 5.22. The molecule has 0 N–H and O–H groups in total. The Labute approximate surface area is 130 Å². The molecule has 22 heavy (non-hydrogen) atoms. The second kappa shape index (κ2) is 6.78. The maximum atomic E-state index is 12.6. The van der Waals surface area contributed by atoms with Gasteiger partial charge in [0.25, 0.3) is 5.69 Å². The van der Waals surface area contributed by atoms with Gasteiger partial charge >= 0.3 is 5.76 Å². The van der Waals surface area contributed by atoms with Crippen LogP contribution in [0.1, 0.15) is 6.42 Å². The average molecular weight is 352 g/mol. The highest BCUT2D eigenvalue weighted by molar-refractivity contribution is 7.99. The number of benzene rings is 1. The summed E-state index contributed by atoms with van der Waals surface area (Å²) in [5, 5.41) is 11.2. The summed E-state index contributed by atoms with van der Waals surface area (Å²) in [5.41, 5.74) is -0.200. The average Bonchev–Trinajstić information content (AvgIpc) is 2.75. The molecule has 0 aliphatic carbocycles. The number of rotatable bonds is 4. The lowest BCUT2D eigenvalue weighted by Gasteiger charge is -2.22. The molecule has 0 unspecified atom stereocenters. The Balaban J connectivity index is 2.46. The fraction of sp³-hybridized carbons (Fsp3) is 0.500. The Bertz CT molecular complexity index is 659. The molecule has 0 saturated carbocycles. The van der Waals surface area contributed by atoms with Crippen molar-refractivity contribution in [3.63, 3.8) is 0 Å². The zero-order chi connectivity index (χ0) is 16.3. The van der Waals surface area contributed by atoms with Crippen LogP contribution in [0.15, 0.2) is 23.1 Å². The largest absolute Gasteiger partial charge is 0.365 e. The lowest BCUT2D eigenvalue weighted by molar-refractivity contribution is -0.384. The first-order valence-corrected chi connectivity index (χ1v) is 9.17. The van der Waals surface area contributed by atoms with Crippen molar-refractivity contribution in [2.24, 2.45) is 0 Å². The molecule has 1 aliphatic rings. The smallest absolute Gasteiger partial charge is 0.341 e. The van der Waals surface area contributed by atoms with E-state index >= 15 is 0 Å². The van der Waals surface area contributed by atoms with Crippen molar-refractivity contribution in [2.75, 3.05) is 29.5 Å². The van der Waals surface area contributed by atoms with E-state index in [0.29, 0.717) is 13.1 Å². The number of nitrogens with zero attached hydrogens (tertiary/aromatic N) is 2. The van der Waals surface area contributed by atoms with Crippen LogP contribution < -0.4 is 4.90 Å². The van der Waals surface area contributed by atoms with Gasteiger partial charge in [0.2, 0.25) is 9.84 Å². The van der Waals surface area contributed by atoms with Crippen molar-refractivity contribution in [3.05, 3.63) is 28.3 Å². The van der Waals surface area contributed by atoms with Gasteiger partial charge in [-0.25, -0.2) is 8.42 Å². The van der Waals surface area contributed by atoms with Gasteiger partial charge in [0, 0.05) is 24.9 Å². The van der Waals surface area contributed by atoms with E-state index < -0.39 is 31.1 Å². The van der Waals surface area contributed by atoms with Crippen LogP contribution in [0.4, 0.5) is 20.2 Å². The van der Waals surface area contributed by atoms with Crippen molar-refractivity contribution < 1.29 is 22.1 Å². The Morgan fingerprint density at radius 1 is 1.27 bits per heavy atom. The fourth-order valence-corrected chi connectivity index (χ4v) is 3.81. The number of hydrogen-bond donors (Lipinski definition) is 0. The predicted octanol–water partition coefficient (Wildman–Crippen LogP) is 2.53. The quantitative estimate of drug-likeness (QED) is 0.612. The third-order valence-corrected chi connectivity index (χ3v) is 5.70. The summed E-state index contributed by atoms with van der Waals surface area (Å²) in [6.07, 6.45) is 0.846. The highest BCUT2D eigenvalue weighted by Crippen LogP contribution is 2.33. The lowest BCUT2D eigenvalue weighted by atomic mass is 10.2. The summed E-state index contributed by atoms with van der Waals surface area (Å²) in [6, 6.07) is 2.96. The fourth-order valence-electron chi connectivity index (χ4n) is 2.18. The van der Waals surface area contributed by atoms with Gasteiger partial charge in [-0.3, -0.25) is 10.1 Å². The monoisotopic (exact) mass is 352 g/mol. The lowest BCUT2D eigenvalue weighted by Crippen LogP contribution is -2.26. The third-order valence-electron chi connectivity index (χ3n) is 3.27. The van der Waals surface area contributed by atoms with Gasteiger partial charge in [-0.05, 0) is 24.3 Å². The van der Waals surface area contributed by atoms with Gasteiger partial charge < -0.3 is 4.90 Å². The number of nitro groups is 1. The summed E-state index contributed by atoms with van der Waals surface area (Å²) in [5.74, 6) is -1.86. The van der Waals surface area contributed by atoms with Crippen LogP contribution in [0.5, 0.6) is 0 Å². The molecule has 2 rings (SSSR count). The molecule has 1 aromatic carbocycles. The zero-order valence-electron chi connectivity index (χ0n) is 11.4. The molecule has 1 saturated heterocycles. The molecule has 0 radical (unpaired) electrons. The second-order valence-electron chi connectivity index (χ2n) is 4.67. The van der Waals surface area contributed by atoms with Gasteiger partial charge in [-0.15, -0.1) is 0 Å². The highest BCUT2D eigenvalue weighted by atomic mass is 32.2. The molecular formula is C12H14F2N2O4S2. The molecule has 0 bridgehead atoms. The number of nitro benzene ring substituents is 1. The number of anilines is 1. The number of alkyl halides is 2. The molecule has 0 atom stereocenters. The number of sulfone groups is 1.